The summed E-state index contributed by atoms with van der Waals surface area (Å²) in [5, 5.41) is 2.70. The fourth-order valence-corrected chi connectivity index (χ4v) is 5.38. The summed E-state index contributed by atoms with van der Waals surface area (Å²) < 4.78 is 27.1. The van der Waals surface area contributed by atoms with E-state index >= 15 is 0 Å². The maximum atomic E-state index is 12.9. The molecule has 0 radical (unpaired) electrons. The molecule has 0 bridgehead atoms. The van der Waals surface area contributed by atoms with Crippen molar-refractivity contribution in [2.45, 2.75) is 28.7 Å². The van der Waals surface area contributed by atoms with E-state index in [9.17, 15) is 18.0 Å². The molecule has 1 unspecified atom stereocenters. The molecule has 1 heterocycles. The zero-order valence-corrected chi connectivity index (χ0v) is 17.9. The lowest BCUT2D eigenvalue weighted by molar-refractivity contribution is -0.119. The minimum absolute atomic E-state index is 0.0884. The minimum atomic E-state index is -3.73. The predicted octanol–water partition coefficient (Wildman–Crippen LogP) is 3.25. The summed E-state index contributed by atoms with van der Waals surface area (Å²) in [7, 11) is -0.364. The van der Waals surface area contributed by atoms with Gasteiger partial charge in [-0.2, -0.15) is 4.31 Å². The molecule has 2 amide bonds. The van der Waals surface area contributed by atoms with Crippen molar-refractivity contribution in [1.29, 1.82) is 0 Å². The maximum Gasteiger partial charge on any atom is 0.285 e. The van der Waals surface area contributed by atoms with Crippen molar-refractivity contribution in [1.82, 2.24) is 9.21 Å². The zero-order chi connectivity index (χ0) is 21.0. The van der Waals surface area contributed by atoms with Gasteiger partial charge in [-0.3, -0.25) is 9.59 Å². The Labute approximate surface area is 175 Å². The first-order valence-electron chi connectivity index (χ1n) is 9.16. The number of benzene rings is 2. The SMILES string of the molecule is CN(C)C(=O)Sc1ccc(NC(=O)C2CCCN2S(=O)(=O)c2ccccc2)cc1. The fraction of sp³-hybridized carbons (Fsp3) is 0.300. The molecular formula is C20H23N3O4S2. The van der Waals surface area contributed by atoms with E-state index in [1.165, 1.54) is 21.3 Å². The number of sulfonamides is 1. The lowest BCUT2D eigenvalue weighted by Crippen LogP contribution is -2.43. The molecule has 2 aromatic carbocycles. The molecule has 1 aliphatic heterocycles. The topological polar surface area (TPSA) is 86.8 Å². The lowest BCUT2D eigenvalue weighted by Gasteiger charge is -2.23. The van der Waals surface area contributed by atoms with Crippen molar-refractivity contribution in [3.63, 3.8) is 0 Å². The Hall–Kier alpha value is -2.36. The molecule has 2 aromatic rings. The first-order valence-corrected chi connectivity index (χ1v) is 11.4. The van der Waals surface area contributed by atoms with Gasteiger partial charge in [0.25, 0.3) is 5.24 Å². The van der Waals surface area contributed by atoms with E-state index in [4.69, 9.17) is 0 Å². The summed E-state index contributed by atoms with van der Waals surface area (Å²) in [5.41, 5.74) is 0.556. The molecule has 0 spiro atoms. The molecule has 7 nitrogen and oxygen atoms in total. The number of anilines is 1. The highest BCUT2D eigenvalue weighted by atomic mass is 32.2. The van der Waals surface area contributed by atoms with Gasteiger partial charge in [0.2, 0.25) is 15.9 Å². The van der Waals surface area contributed by atoms with E-state index in [-0.39, 0.29) is 16.0 Å². The van der Waals surface area contributed by atoms with Gasteiger partial charge < -0.3 is 10.2 Å². The van der Waals surface area contributed by atoms with Crippen molar-refractivity contribution in [2.75, 3.05) is 26.0 Å². The quantitative estimate of drug-likeness (QED) is 0.732. The molecule has 0 aliphatic carbocycles. The molecule has 1 atom stereocenters. The van der Waals surface area contributed by atoms with Crippen LogP contribution in [0.15, 0.2) is 64.4 Å². The van der Waals surface area contributed by atoms with Crippen molar-refractivity contribution in [3.05, 3.63) is 54.6 Å². The van der Waals surface area contributed by atoms with Crippen LogP contribution in [0.25, 0.3) is 0 Å². The number of rotatable bonds is 5. The van der Waals surface area contributed by atoms with Crippen LogP contribution in [0.1, 0.15) is 12.8 Å². The number of carbonyl (C=O) groups is 2. The second-order valence-corrected chi connectivity index (χ2v) is 9.78. The highest BCUT2D eigenvalue weighted by Gasteiger charge is 2.39. The predicted molar refractivity (Wildman–Crippen MR) is 113 cm³/mol. The first-order chi connectivity index (χ1) is 13.8. The fourth-order valence-electron chi connectivity index (χ4n) is 3.04. The van der Waals surface area contributed by atoms with Gasteiger partial charge in [-0.15, -0.1) is 0 Å². The number of hydrogen-bond acceptors (Lipinski definition) is 5. The molecule has 1 N–H and O–H groups in total. The molecule has 29 heavy (non-hydrogen) atoms. The van der Waals surface area contributed by atoms with Crippen molar-refractivity contribution in [2.24, 2.45) is 0 Å². The van der Waals surface area contributed by atoms with Gasteiger partial charge in [0, 0.05) is 31.2 Å². The average Bonchev–Trinajstić information content (AvgIpc) is 3.21. The summed E-state index contributed by atoms with van der Waals surface area (Å²) in [6, 6.07) is 14.3. The van der Waals surface area contributed by atoms with Crippen molar-refractivity contribution < 1.29 is 18.0 Å². The van der Waals surface area contributed by atoms with E-state index < -0.39 is 16.1 Å². The van der Waals surface area contributed by atoms with E-state index in [1.807, 2.05) is 0 Å². The average molecular weight is 434 g/mol. The summed E-state index contributed by atoms with van der Waals surface area (Å²) in [5.74, 6) is -0.355. The van der Waals surface area contributed by atoms with Gasteiger partial charge in [0.1, 0.15) is 6.04 Å². The maximum absolute atomic E-state index is 12.9. The Kier molecular flexibility index (Phi) is 6.61. The van der Waals surface area contributed by atoms with Crippen LogP contribution in [0.5, 0.6) is 0 Å². The Morgan fingerprint density at radius 3 is 2.34 bits per heavy atom. The van der Waals surface area contributed by atoms with Crippen molar-refractivity contribution >= 4 is 38.6 Å². The van der Waals surface area contributed by atoms with Gasteiger partial charge >= 0.3 is 0 Å². The first kappa shape index (κ1) is 21.4. The largest absolute Gasteiger partial charge is 0.339 e. The Balaban J connectivity index is 1.69. The van der Waals surface area contributed by atoms with Gasteiger partial charge in [-0.25, -0.2) is 8.42 Å². The second-order valence-electron chi connectivity index (χ2n) is 6.86. The van der Waals surface area contributed by atoms with E-state index in [2.05, 4.69) is 5.32 Å². The summed E-state index contributed by atoms with van der Waals surface area (Å²) in [4.78, 5) is 27.0. The summed E-state index contributed by atoms with van der Waals surface area (Å²) in [6.45, 7) is 0.317. The lowest BCUT2D eigenvalue weighted by atomic mass is 10.2. The Morgan fingerprint density at radius 2 is 1.72 bits per heavy atom. The van der Waals surface area contributed by atoms with Gasteiger partial charge in [0.15, 0.2) is 0 Å². The molecule has 3 rings (SSSR count). The second kappa shape index (κ2) is 8.98. The van der Waals surface area contributed by atoms with Crippen LogP contribution in [0.3, 0.4) is 0 Å². The summed E-state index contributed by atoms with van der Waals surface area (Å²) in [6.07, 6.45) is 1.11. The number of thioether (sulfide) groups is 1. The van der Waals surface area contributed by atoms with Crippen LogP contribution in [-0.2, 0) is 14.8 Å². The molecule has 0 aromatic heterocycles. The Bertz CT molecular complexity index is 977. The van der Waals surface area contributed by atoms with Gasteiger partial charge in [-0.05, 0) is 61.0 Å². The molecule has 0 saturated carbocycles. The van der Waals surface area contributed by atoms with Crippen LogP contribution >= 0.6 is 11.8 Å². The van der Waals surface area contributed by atoms with Gasteiger partial charge in [-0.1, -0.05) is 18.2 Å². The van der Waals surface area contributed by atoms with E-state index in [0.29, 0.717) is 25.1 Å². The van der Waals surface area contributed by atoms with Crippen LogP contribution in [-0.4, -0.2) is 55.5 Å². The normalized spacial score (nSPS) is 17.1. The standard InChI is InChI=1S/C20H23N3O4S2/c1-22(2)20(25)28-16-12-10-15(11-13-16)21-19(24)18-9-6-14-23(18)29(26,27)17-7-4-3-5-8-17/h3-5,7-8,10-13,18H,6,9,14H2,1-2H3,(H,21,24). The van der Waals surface area contributed by atoms with E-state index in [1.54, 1.807) is 56.6 Å². The van der Waals surface area contributed by atoms with Gasteiger partial charge in [0.05, 0.1) is 4.90 Å². The molecule has 1 fully saturated rings. The van der Waals surface area contributed by atoms with E-state index in [0.717, 1.165) is 16.7 Å². The van der Waals surface area contributed by atoms with Crippen LogP contribution in [0.2, 0.25) is 0 Å². The highest BCUT2D eigenvalue weighted by Crippen LogP contribution is 2.27. The molecule has 9 heteroatoms. The highest BCUT2D eigenvalue weighted by molar-refractivity contribution is 8.13. The molecular weight excluding hydrogens is 410 g/mol. The number of nitrogens with one attached hydrogen (secondary N) is 1. The third-order valence-corrected chi connectivity index (χ3v) is 7.52. The zero-order valence-electron chi connectivity index (χ0n) is 16.2. The third kappa shape index (κ3) is 4.98. The van der Waals surface area contributed by atoms with Crippen molar-refractivity contribution in [3.8, 4) is 0 Å². The Morgan fingerprint density at radius 1 is 1.07 bits per heavy atom. The minimum Gasteiger partial charge on any atom is -0.339 e. The number of carbonyl (C=O) groups excluding carboxylic acids is 2. The van der Waals surface area contributed by atoms with Crippen LogP contribution in [0, 0.1) is 0 Å². The smallest absolute Gasteiger partial charge is 0.285 e. The monoisotopic (exact) mass is 433 g/mol. The summed E-state index contributed by atoms with van der Waals surface area (Å²) >= 11 is 1.09. The van der Waals surface area contributed by atoms with Crippen LogP contribution in [0.4, 0.5) is 10.5 Å². The number of amides is 2. The molecule has 154 valence electrons. The van der Waals surface area contributed by atoms with Crippen LogP contribution < -0.4 is 5.32 Å². The number of hydrogen-bond donors (Lipinski definition) is 1. The third-order valence-electron chi connectivity index (χ3n) is 4.55. The molecule has 1 aliphatic rings. The number of nitrogens with zero attached hydrogens (tertiary/aromatic N) is 2. The molecule has 1 saturated heterocycles.